The third kappa shape index (κ3) is 2.67. The van der Waals surface area contributed by atoms with Gasteiger partial charge < -0.3 is 9.73 Å². The Balaban J connectivity index is 2.04. The van der Waals surface area contributed by atoms with E-state index >= 15 is 0 Å². The maximum absolute atomic E-state index is 13.2. The average Bonchev–Trinajstić information content (AvgIpc) is 3.01. The number of nitrogens with zero attached hydrogens (tertiary/aromatic N) is 3. The van der Waals surface area contributed by atoms with Crippen molar-refractivity contribution in [2.75, 3.05) is 5.32 Å². The van der Waals surface area contributed by atoms with Crippen molar-refractivity contribution in [3.8, 4) is 0 Å². The minimum Gasteiger partial charge on any atom is -0.466 e. The fourth-order valence-electron chi connectivity index (χ4n) is 2.40. The van der Waals surface area contributed by atoms with E-state index in [2.05, 4.69) is 15.4 Å². The first-order valence-electron chi connectivity index (χ1n) is 6.86. The number of nitrogens with one attached hydrogen (secondary N) is 1. The second-order valence-corrected chi connectivity index (χ2v) is 5.18. The molecule has 0 unspecified atom stereocenters. The molecule has 0 aliphatic heterocycles. The summed E-state index contributed by atoms with van der Waals surface area (Å²) in [7, 11) is 1.67. The fourth-order valence-corrected chi connectivity index (χ4v) is 2.40. The van der Waals surface area contributed by atoms with Crippen LogP contribution < -0.4 is 5.32 Å². The summed E-state index contributed by atoms with van der Waals surface area (Å²) in [5.74, 6) is 0.472. The maximum atomic E-state index is 13.2. The van der Waals surface area contributed by atoms with Crippen molar-refractivity contribution in [3.05, 3.63) is 41.1 Å². The molecule has 0 aliphatic rings. The van der Waals surface area contributed by atoms with Gasteiger partial charge in [-0.1, -0.05) is 0 Å². The van der Waals surface area contributed by atoms with Gasteiger partial charge in [0.05, 0.1) is 23.0 Å². The van der Waals surface area contributed by atoms with Crippen LogP contribution in [-0.2, 0) is 7.05 Å². The van der Waals surface area contributed by atoms with Crippen LogP contribution in [0.15, 0.2) is 22.7 Å². The SMILES string of the molecule is Cc1cc(C(=O)Nc2cc3c(cnn3C)nc2C(F)F)c(C)o1. The maximum Gasteiger partial charge on any atom is 0.282 e. The van der Waals surface area contributed by atoms with Crippen LogP contribution in [0, 0.1) is 13.8 Å². The molecule has 3 aromatic rings. The summed E-state index contributed by atoms with van der Waals surface area (Å²) in [6.07, 6.45) is -1.42. The van der Waals surface area contributed by atoms with Crippen molar-refractivity contribution in [2.45, 2.75) is 20.3 Å². The average molecular weight is 320 g/mol. The number of pyridine rings is 1. The van der Waals surface area contributed by atoms with E-state index in [0.717, 1.165) is 0 Å². The topological polar surface area (TPSA) is 73.0 Å². The molecule has 6 nitrogen and oxygen atoms in total. The summed E-state index contributed by atoms with van der Waals surface area (Å²) in [5.41, 5.74) is 0.657. The highest BCUT2D eigenvalue weighted by Crippen LogP contribution is 2.29. The molecule has 0 atom stereocenters. The Labute approximate surface area is 130 Å². The van der Waals surface area contributed by atoms with E-state index in [1.54, 1.807) is 27.0 Å². The molecule has 0 aliphatic carbocycles. The van der Waals surface area contributed by atoms with E-state index in [0.29, 0.717) is 28.1 Å². The van der Waals surface area contributed by atoms with Gasteiger partial charge >= 0.3 is 0 Å². The number of aromatic nitrogens is 3. The molecule has 23 heavy (non-hydrogen) atoms. The molecule has 0 aromatic carbocycles. The second-order valence-electron chi connectivity index (χ2n) is 5.18. The van der Waals surface area contributed by atoms with E-state index in [-0.39, 0.29) is 5.69 Å². The van der Waals surface area contributed by atoms with Crippen molar-refractivity contribution in [1.29, 1.82) is 0 Å². The predicted octanol–water partition coefficient (Wildman–Crippen LogP) is 3.37. The lowest BCUT2D eigenvalue weighted by Crippen LogP contribution is -2.14. The molecular formula is C15H14F2N4O2. The van der Waals surface area contributed by atoms with Crippen LogP contribution in [0.4, 0.5) is 14.5 Å². The van der Waals surface area contributed by atoms with Crippen molar-refractivity contribution < 1.29 is 18.0 Å². The number of furan rings is 1. The van der Waals surface area contributed by atoms with Gasteiger partial charge in [0.1, 0.15) is 22.7 Å². The van der Waals surface area contributed by atoms with Crippen molar-refractivity contribution >= 4 is 22.6 Å². The summed E-state index contributed by atoms with van der Waals surface area (Å²) in [6, 6.07) is 3.00. The number of alkyl halides is 2. The first-order chi connectivity index (χ1) is 10.9. The van der Waals surface area contributed by atoms with Gasteiger partial charge in [0.2, 0.25) is 0 Å². The Morgan fingerprint density at radius 3 is 2.70 bits per heavy atom. The molecular weight excluding hydrogens is 306 g/mol. The smallest absolute Gasteiger partial charge is 0.282 e. The van der Waals surface area contributed by atoms with Crippen LogP contribution in [-0.4, -0.2) is 20.7 Å². The van der Waals surface area contributed by atoms with Gasteiger partial charge in [0, 0.05) is 7.05 Å². The summed E-state index contributed by atoms with van der Waals surface area (Å²) < 4.78 is 33.3. The molecule has 0 fully saturated rings. The number of aryl methyl sites for hydroxylation is 3. The molecule has 0 radical (unpaired) electrons. The van der Waals surface area contributed by atoms with E-state index in [9.17, 15) is 13.6 Å². The summed E-state index contributed by atoms with van der Waals surface area (Å²) in [4.78, 5) is 16.2. The van der Waals surface area contributed by atoms with Crippen LogP contribution in [0.5, 0.6) is 0 Å². The van der Waals surface area contributed by atoms with Crippen LogP contribution >= 0.6 is 0 Å². The highest BCUT2D eigenvalue weighted by atomic mass is 19.3. The number of rotatable bonds is 3. The van der Waals surface area contributed by atoms with Gasteiger partial charge in [0.15, 0.2) is 0 Å². The Morgan fingerprint density at radius 2 is 2.09 bits per heavy atom. The van der Waals surface area contributed by atoms with Crippen molar-refractivity contribution in [2.24, 2.45) is 7.05 Å². The molecule has 3 heterocycles. The summed E-state index contributed by atoms with van der Waals surface area (Å²) in [5, 5.41) is 6.46. The first kappa shape index (κ1) is 15.1. The molecule has 0 bridgehead atoms. The predicted molar refractivity (Wildman–Crippen MR) is 79.6 cm³/mol. The van der Waals surface area contributed by atoms with Gasteiger partial charge in [-0.2, -0.15) is 5.10 Å². The van der Waals surface area contributed by atoms with Crippen molar-refractivity contribution in [1.82, 2.24) is 14.8 Å². The van der Waals surface area contributed by atoms with Crippen molar-refractivity contribution in [3.63, 3.8) is 0 Å². The van der Waals surface area contributed by atoms with Gasteiger partial charge in [-0.15, -0.1) is 0 Å². The fraction of sp³-hybridized carbons (Fsp3) is 0.267. The highest BCUT2D eigenvalue weighted by Gasteiger charge is 2.21. The number of carbonyl (C=O) groups excluding carboxylic acids is 1. The zero-order valence-electron chi connectivity index (χ0n) is 12.7. The molecule has 8 heteroatoms. The van der Waals surface area contributed by atoms with Gasteiger partial charge in [-0.25, -0.2) is 13.8 Å². The number of carbonyl (C=O) groups is 1. The summed E-state index contributed by atoms with van der Waals surface area (Å²) in [6.45, 7) is 3.34. The minimum atomic E-state index is -2.82. The number of hydrogen-bond donors (Lipinski definition) is 1. The van der Waals surface area contributed by atoms with E-state index in [4.69, 9.17) is 4.42 Å². The van der Waals surface area contributed by atoms with Gasteiger partial charge in [-0.05, 0) is 26.0 Å². The molecule has 3 aromatic heterocycles. The number of hydrogen-bond acceptors (Lipinski definition) is 4. The second kappa shape index (κ2) is 5.45. The lowest BCUT2D eigenvalue weighted by atomic mass is 10.2. The third-order valence-electron chi connectivity index (χ3n) is 3.50. The zero-order valence-corrected chi connectivity index (χ0v) is 12.7. The Kier molecular flexibility index (Phi) is 3.59. The Hall–Kier alpha value is -2.77. The molecule has 3 rings (SSSR count). The first-order valence-corrected chi connectivity index (χ1v) is 6.86. The van der Waals surface area contributed by atoms with E-state index in [1.165, 1.54) is 16.9 Å². The monoisotopic (exact) mass is 320 g/mol. The summed E-state index contributed by atoms with van der Waals surface area (Å²) >= 11 is 0. The normalized spacial score (nSPS) is 11.4. The van der Waals surface area contributed by atoms with Crippen LogP contribution in [0.25, 0.3) is 11.0 Å². The lowest BCUT2D eigenvalue weighted by molar-refractivity contribution is 0.102. The van der Waals surface area contributed by atoms with E-state index < -0.39 is 18.0 Å². The molecule has 1 amide bonds. The number of fused-ring (bicyclic) bond motifs is 1. The Bertz CT molecular complexity index is 898. The standard InChI is InChI=1S/C15H14F2N4O2/c1-7-4-9(8(2)23-7)15(22)20-10-5-12-11(6-18-21(12)3)19-13(10)14(16)17/h4-6,14H,1-3H3,(H,20,22). The lowest BCUT2D eigenvalue weighted by Gasteiger charge is -2.10. The highest BCUT2D eigenvalue weighted by molar-refractivity contribution is 6.06. The number of halogens is 2. The van der Waals surface area contributed by atoms with E-state index in [1.807, 2.05) is 0 Å². The van der Waals surface area contributed by atoms with Crippen LogP contribution in [0.3, 0.4) is 0 Å². The van der Waals surface area contributed by atoms with Crippen LogP contribution in [0.1, 0.15) is 34.0 Å². The molecule has 0 saturated carbocycles. The Morgan fingerprint density at radius 1 is 1.35 bits per heavy atom. The molecule has 1 N–H and O–H groups in total. The van der Waals surface area contributed by atoms with Gasteiger partial charge in [-0.3, -0.25) is 9.48 Å². The minimum absolute atomic E-state index is 0.0423. The van der Waals surface area contributed by atoms with Crippen LogP contribution in [0.2, 0.25) is 0 Å². The van der Waals surface area contributed by atoms with Gasteiger partial charge in [0.25, 0.3) is 12.3 Å². The third-order valence-corrected chi connectivity index (χ3v) is 3.50. The molecule has 0 saturated heterocycles. The largest absolute Gasteiger partial charge is 0.466 e. The number of amides is 1. The molecule has 0 spiro atoms. The molecule has 120 valence electrons. The number of anilines is 1. The quantitative estimate of drug-likeness (QED) is 0.803. The zero-order chi connectivity index (χ0) is 16.7.